The van der Waals surface area contributed by atoms with E-state index in [1.165, 1.54) is 30.3 Å². The van der Waals surface area contributed by atoms with E-state index in [-0.39, 0.29) is 36.9 Å². The van der Waals surface area contributed by atoms with E-state index in [2.05, 4.69) is 15.5 Å². The Morgan fingerprint density at radius 1 is 1.29 bits per heavy atom. The van der Waals surface area contributed by atoms with Crippen molar-refractivity contribution in [3.8, 4) is 0 Å². The molecule has 2 aromatic rings. The number of carbonyl (C=O) groups is 1. The average Bonchev–Trinajstić information content (AvgIpc) is 2.66. The smallest absolute Gasteiger partial charge is 0.275 e. The van der Waals surface area contributed by atoms with Crippen LogP contribution in [0.2, 0.25) is 0 Å². The highest BCUT2D eigenvalue weighted by atomic mass is 32.2. The van der Waals surface area contributed by atoms with E-state index < -0.39 is 33.1 Å². The van der Waals surface area contributed by atoms with Crippen molar-refractivity contribution in [3.63, 3.8) is 0 Å². The molecule has 0 spiro atoms. The number of hydroxylamine groups is 1. The minimum absolute atomic E-state index is 0.0269. The summed E-state index contributed by atoms with van der Waals surface area (Å²) in [5, 5.41) is 9.43. The number of hydrogen-bond donors (Lipinski definition) is 5. The number of anilines is 1. The standard InChI is InChI=1S/C18H23FN6O5S/c1-12-5-6-15(24-31(28,29)11-13-3-2-4-14(19)9-13)17(27)25(12)10-16(26)22-7-8-30-23-18(20)21/h2-6,9,24H,7-8,10-11H2,1H3,(H,22,26)(H4,20,21,23). The van der Waals surface area contributed by atoms with Crippen LogP contribution in [0.15, 0.2) is 41.2 Å². The summed E-state index contributed by atoms with van der Waals surface area (Å²) in [7, 11) is -3.99. The fourth-order valence-corrected chi connectivity index (χ4v) is 3.75. The van der Waals surface area contributed by atoms with Gasteiger partial charge in [-0.05, 0) is 36.8 Å². The monoisotopic (exact) mass is 454 g/mol. The van der Waals surface area contributed by atoms with Gasteiger partial charge in [-0.1, -0.05) is 12.1 Å². The van der Waals surface area contributed by atoms with Gasteiger partial charge in [-0.2, -0.15) is 0 Å². The Labute approximate surface area is 177 Å². The first-order chi connectivity index (χ1) is 14.6. The van der Waals surface area contributed by atoms with Crippen LogP contribution in [-0.4, -0.2) is 38.0 Å². The van der Waals surface area contributed by atoms with Crippen LogP contribution in [0.3, 0.4) is 0 Å². The lowest BCUT2D eigenvalue weighted by Gasteiger charge is -2.14. The van der Waals surface area contributed by atoms with Crippen LogP contribution in [-0.2, 0) is 32.0 Å². The molecule has 0 saturated heterocycles. The van der Waals surface area contributed by atoms with Crippen molar-refractivity contribution in [2.24, 2.45) is 5.73 Å². The second-order valence-electron chi connectivity index (χ2n) is 6.48. The molecule has 0 bridgehead atoms. The van der Waals surface area contributed by atoms with E-state index >= 15 is 0 Å². The second kappa shape index (κ2) is 10.5. The quantitative estimate of drug-likeness (QED) is 0.143. The number of guanidine groups is 1. The van der Waals surface area contributed by atoms with Crippen molar-refractivity contribution in [1.29, 1.82) is 5.41 Å². The third kappa shape index (κ3) is 7.71. The number of halogens is 1. The summed E-state index contributed by atoms with van der Waals surface area (Å²) in [5.74, 6) is -1.98. The van der Waals surface area contributed by atoms with Gasteiger partial charge in [-0.25, -0.2) is 18.3 Å². The van der Waals surface area contributed by atoms with Crippen LogP contribution in [0.4, 0.5) is 10.1 Å². The van der Waals surface area contributed by atoms with E-state index in [1.807, 2.05) is 0 Å². The third-order valence-electron chi connectivity index (χ3n) is 3.91. The molecule has 0 aliphatic carbocycles. The summed E-state index contributed by atoms with van der Waals surface area (Å²) in [4.78, 5) is 29.6. The summed E-state index contributed by atoms with van der Waals surface area (Å²) in [6.07, 6.45) is 0. The molecule has 13 heteroatoms. The minimum Gasteiger partial charge on any atom is -0.368 e. The molecule has 6 N–H and O–H groups in total. The maximum Gasteiger partial charge on any atom is 0.275 e. The number of benzene rings is 1. The number of aromatic nitrogens is 1. The number of nitrogens with zero attached hydrogens (tertiary/aromatic N) is 1. The van der Waals surface area contributed by atoms with Crippen LogP contribution >= 0.6 is 0 Å². The number of aryl methyl sites for hydroxylation is 1. The third-order valence-corrected chi connectivity index (χ3v) is 5.16. The Morgan fingerprint density at radius 2 is 2.03 bits per heavy atom. The van der Waals surface area contributed by atoms with E-state index in [4.69, 9.17) is 16.0 Å². The first-order valence-electron chi connectivity index (χ1n) is 9.01. The minimum atomic E-state index is -3.99. The van der Waals surface area contributed by atoms with Crippen molar-refractivity contribution in [2.45, 2.75) is 19.2 Å². The van der Waals surface area contributed by atoms with E-state index in [0.717, 1.165) is 10.6 Å². The molecular formula is C18H23FN6O5S. The molecule has 1 aromatic carbocycles. The number of rotatable bonds is 10. The van der Waals surface area contributed by atoms with Crippen LogP contribution in [0.25, 0.3) is 0 Å². The van der Waals surface area contributed by atoms with Gasteiger partial charge in [0.15, 0.2) is 0 Å². The molecule has 2 rings (SSSR count). The number of pyridine rings is 1. The number of nitrogens with two attached hydrogens (primary N) is 1. The predicted octanol–water partition coefficient (Wildman–Crippen LogP) is -0.231. The maximum absolute atomic E-state index is 13.3. The fourth-order valence-electron chi connectivity index (χ4n) is 2.56. The van der Waals surface area contributed by atoms with Crippen LogP contribution in [0, 0.1) is 18.2 Å². The highest BCUT2D eigenvalue weighted by Crippen LogP contribution is 2.12. The van der Waals surface area contributed by atoms with Gasteiger partial charge < -0.3 is 15.6 Å². The molecule has 11 nitrogen and oxygen atoms in total. The Morgan fingerprint density at radius 3 is 2.71 bits per heavy atom. The number of amides is 1. The lowest BCUT2D eigenvalue weighted by atomic mass is 10.2. The number of hydrogen-bond acceptors (Lipinski definition) is 6. The average molecular weight is 454 g/mol. The Bertz CT molecular complexity index is 1120. The van der Waals surface area contributed by atoms with Crippen LogP contribution in [0.1, 0.15) is 11.3 Å². The maximum atomic E-state index is 13.3. The number of nitrogens with one attached hydrogen (secondary N) is 4. The van der Waals surface area contributed by atoms with Crippen molar-refractivity contribution in [2.75, 3.05) is 17.9 Å². The van der Waals surface area contributed by atoms with Gasteiger partial charge >= 0.3 is 0 Å². The van der Waals surface area contributed by atoms with Gasteiger partial charge in [-0.15, -0.1) is 0 Å². The molecule has 0 atom stereocenters. The molecule has 0 saturated carbocycles. The van der Waals surface area contributed by atoms with Gasteiger partial charge in [0.05, 0.1) is 12.4 Å². The lowest BCUT2D eigenvalue weighted by Crippen LogP contribution is -2.37. The summed E-state index contributed by atoms with van der Waals surface area (Å²) in [6, 6.07) is 7.92. The van der Waals surface area contributed by atoms with Gasteiger partial charge in [0.2, 0.25) is 21.9 Å². The van der Waals surface area contributed by atoms with Crippen molar-refractivity contribution in [3.05, 3.63) is 63.8 Å². The molecule has 0 aliphatic heterocycles. The molecule has 31 heavy (non-hydrogen) atoms. The van der Waals surface area contributed by atoms with Gasteiger partial charge in [0.25, 0.3) is 5.56 Å². The molecule has 168 valence electrons. The Hall–Kier alpha value is -3.45. The first kappa shape index (κ1) is 23.8. The van der Waals surface area contributed by atoms with Crippen molar-refractivity contribution >= 4 is 27.6 Å². The largest absolute Gasteiger partial charge is 0.368 e. The highest BCUT2D eigenvalue weighted by molar-refractivity contribution is 7.91. The van der Waals surface area contributed by atoms with Crippen molar-refractivity contribution in [1.82, 2.24) is 15.4 Å². The fraction of sp³-hybridized carbons (Fsp3) is 0.278. The topological polar surface area (TPSA) is 168 Å². The zero-order valence-corrected chi connectivity index (χ0v) is 17.5. The molecule has 1 heterocycles. The molecular weight excluding hydrogens is 431 g/mol. The van der Waals surface area contributed by atoms with Gasteiger partial charge in [0.1, 0.15) is 18.0 Å². The predicted molar refractivity (Wildman–Crippen MR) is 112 cm³/mol. The highest BCUT2D eigenvalue weighted by Gasteiger charge is 2.17. The van der Waals surface area contributed by atoms with Crippen LogP contribution < -0.4 is 26.8 Å². The number of carbonyl (C=O) groups excluding carboxylic acids is 1. The molecule has 1 amide bonds. The Kier molecular flexibility index (Phi) is 8.10. The van der Waals surface area contributed by atoms with E-state index in [9.17, 15) is 22.4 Å². The summed E-state index contributed by atoms with van der Waals surface area (Å²) in [6.45, 7) is 1.37. The zero-order chi connectivity index (χ0) is 23.0. The van der Waals surface area contributed by atoms with E-state index in [0.29, 0.717) is 5.69 Å². The molecule has 0 fully saturated rings. The molecule has 1 aromatic heterocycles. The molecule has 0 radical (unpaired) electrons. The lowest BCUT2D eigenvalue weighted by molar-refractivity contribution is -0.122. The van der Waals surface area contributed by atoms with Gasteiger partial charge in [0, 0.05) is 12.2 Å². The number of sulfonamides is 1. The zero-order valence-electron chi connectivity index (χ0n) is 16.6. The molecule has 0 unspecified atom stereocenters. The summed E-state index contributed by atoms with van der Waals surface area (Å²) >= 11 is 0. The van der Waals surface area contributed by atoms with Gasteiger partial charge in [-0.3, -0.25) is 24.6 Å². The molecule has 0 aliphatic rings. The second-order valence-corrected chi connectivity index (χ2v) is 8.21. The van der Waals surface area contributed by atoms with Crippen LogP contribution in [0.5, 0.6) is 0 Å². The summed E-state index contributed by atoms with van der Waals surface area (Å²) < 4.78 is 41.4. The summed E-state index contributed by atoms with van der Waals surface area (Å²) in [5.41, 5.74) is 6.88. The first-order valence-corrected chi connectivity index (χ1v) is 10.7. The normalized spacial score (nSPS) is 11.0. The Balaban J connectivity index is 2.05. The van der Waals surface area contributed by atoms with E-state index in [1.54, 1.807) is 6.92 Å². The SMILES string of the molecule is Cc1ccc(NS(=O)(=O)Cc2cccc(F)c2)c(=O)n1CC(=O)NCCONC(=N)N. The van der Waals surface area contributed by atoms with Crippen molar-refractivity contribution < 1.29 is 22.4 Å².